The number of benzene rings is 2. The van der Waals surface area contributed by atoms with Crippen LogP contribution in [-0.2, 0) is 6.42 Å². The van der Waals surface area contributed by atoms with Crippen LogP contribution in [0.2, 0.25) is 0 Å². The van der Waals surface area contributed by atoms with Gasteiger partial charge in [0, 0.05) is 11.8 Å². The van der Waals surface area contributed by atoms with E-state index in [9.17, 15) is 10.2 Å². The highest BCUT2D eigenvalue weighted by molar-refractivity contribution is 5.78. The van der Waals surface area contributed by atoms with Gasteiger partial charge in [-0.3, -0.25) is 0 Å². The number of allylic oxidation sites excluding steroid dienone is 2. The van der Waals surface area contributed by atoms with Crippen molar-refractivity contribution in [2.45, 2.75) is 44.6 Å². The van der Waals surface area contributed by atoms with Crippen molar-refractivity contribution in [2.24, 2.45) is 11.3 Å². The van der Waals surface area contributed by atoms with Crippen LogP contribution < -0.4 is 0 Å². The van der Waals surface area contributed by atoms with Crippen molar-refractivity contribution in [3.05, 3.63) is 82.9 Å². The minimum atomic E-state index is -0.399. The molecule has 27 heavy (non-hydrogen) atoms. The minimum absolute atomic E-state index is 0.0940. The maximum atomic E-state index is 10.6. The highest BCUT2D eigenvalue weighted by Gasteiger charge is 2.52. The summed E-state index contributed by atoms with van der Waals surface area (Å²) < 4.78 is 0. The van der Waals surface area contributed by atoms with Crippen LogP contribution >= 0.6 is 0 Å². The lowest BCUT2D eigenvalue weighted by Crippen LogP contribution is -2.33. The van der Waals surface area contributed by atoms with Gasteiger partial charge in [0.25, 0.3) is 0 Å². The van der Waals surface area contributed by atoms with E-state index in [1.54, 1.807) is 6.07 Å². The third-order valence-corrected chi connectivity index (χ3v) is 7.18. The van der Waals surface area contributed by atoms with Crippen molar-refractivity contribution in [3.8, 4) is 5.75 Å². The summed E-state index contributed by atoms with van der Waals surface area (Å²) >= 11 is 0. The van der Waals surface area contributed by atoms with Gasteiger partial charge in [0.1, 0.15) is 5.75 Å². The van der Waals surface area contributed by atoms with Crippen molar-refractivity contribution in [3.63, 3.8) is 0 Å². The first-order chi connectivity index (χ1) is 13.0. The summed E-state index contributed by atoms with van der Waals surface area (Å²) in [5, 5.41) is 20.7. The molecule has 0 amide bonds. The molecule has 2 N–H and O–H groups in total. The fourth-order valence-electron chi connectivity index (χ4n) is 5.94. The predicted molar refractivity (Wildman–Crippen MR) is 109 cm³/mol. The summed E-state index contributed by atoms with van der Waals surface area (Å²) in [4.78, 5) is 0. The van der Waals surface area contributed by atoms with Crippen molar-refractivity contribution in [2.75, 3.05) is 0 Å². The molecule has 0 aliphatic heterocycles. The van der Waals surface area contributed by atoms with Crippen LogP contribution in [0.1, 0.15) is 48.8 Å². The Balaban J connectivity index is 1.75. The molecule has 5 rings (SSSR count). The molecule has 0 bridgehead atoms. The number of phenols is 1. The minimum Gasteiger partial charge on any atom is -0.508 e. The van der Waals surface area contributed by atoms with Gasteiger partial charge >= 0.3 is 0 Å². The third-order valence-electron chi connectivity index (χ3n) is 7.18. The molecule has 0 aromatic heterocycles. The number of phenolic OH excluding ortho intramolecular Hbond substituents is 1. The number of aliphatic hydroxyl groups excluding tert-OH is 1. The molecule has 3 aliphatic rings. The summed E-state index contributed by atoms with van der Waals surface area (Å²) in [5.74, 6) is 0.858. The first-order valence-electron chi connectivity index (χ1n) is 9.95. The second-order valence-corrected chi connectivity index (χ2v) is 8.82. The van der Waals surface area contributed by atoms with Gasteiger partial charge in [-0.2, -0.15) is 0 Å². The zero-order valence-electron chi connectivity index (χ0n) is 15.8. The Morgan fingerprint density at radius 2 is 1.89 bits per heavy atom. The van der Waals surface area contributed by atoms with Crippen LogP contribution in [0.15, 0.2) is 66.3 Å². The quantitative estimate of drug-likeness (QED) is 0.686. The molecule has 2 aromatic rings. The van der Waals surface area contributed by atoms with E-state index in [1.807, 2.05) is 6.07 Å². The number of aliphatic hydroxyl groups is 1. The molecular formula is C25H26O2. The molecule has 3 aliphatic carbocycles. The van der Waals surface area contributed by atoms with Crippen LogP contribution in [0.5, 0.6) is 5.75 Å². The summed E-state index contributed by atoms with van der Waals surface area (Å²) in [7, 11) is 0. The lowest BCUT2D eigenvalue weighted by Gasteiger charge is -2.45. The van der Waals surface area contributed by atoms with Crippen molar-refractivity contribution < 1.29 is 10.2 Å². The smallest absolute Gasteiger partial charge is 0.115 e. The molecule has 0 saturated heterocycles. The van der Waals surface area contributed by atoms with Gasteiger partial charge in [-0.1, -0.05) is 55.5 Å². The number of rotatable bonds is 1. The highest BCUT2D eigenvalue weighted by Crippen LogP contribution is 2.62. The average molecular weight is 358 g/mol. The maximum absolute atomic E-state index is 10.6. The Bertz CT molecular complexity index is 956. The van der Waals surface area contributed by atoms with Gasteiger partial charge < -0.3 is 10.2 Å². The first kappa shape index (κ1) is 16.8. The van der Waals surface area contributed by atoms with E-state index in [0.29, 0.717) is 5.75 Å². The molecule has 2 heteroatoms. The number of aromatic hydroxyl groups is 1. The normalized spacial score (nSPS) is 32.1. The molecule has 0 heterocycles. The van der Waals surface area contributed by atoms with Crippen molar-refractivity contribution >= 4 is 5.57 Å². The Morgan fingerprint density at radius 1 is 1.11 bits per heavy atom. The van der Waals surface area contributed by atoms with Crippen LogP contribution in [0.3, 0.4) is 0 Å². The highest BCUT2D eigenvalue weighted by atomic mass is 16.3. The van der Waals surface area contributed by atoms with Crippen LogP contribution in [0.25, 0.3) is 5.57 Å². The van der Waals surface area contributed by atoms with Gasteiger partial charge in [-0.25, -0.2) is 0 Å². The summed E-state index contributed by atoms with van der Waals surface area (Å²) in [6.45, 7) is 6.66. The van der Waals surface area contributed by atoms with Crippen molar-refractivity contribution in [1.82, 2.24) is 0 Å². The largest absolute Gasteiger partial charge is 0.508 e. The standard InChI is InChI=1S/C25H26O2/c1-15-22(27)14-25(2)11-10-20-19-9-8-18(26)12-17(19)13-21(23(20)24(15)25)16-6-4-3-5-7-16/h3-9,12,21-22,24,26-27H,1,10-11,13-14H2,2H3/t21-,22-,24-,25+/m0/s1. The average Bonchev–Trinajstić information content (AvgIpc) is 2.90. The Hall–Kier alpha value is -2.32. The predicted octanol–water partition coefficient (Wildman–Crippen LogP) is 5.22. The molecule has 0 spiro atoms. The Morgan fingerprint density at radius 3 is 2.67 bits per heavy atom. The fraction of sp³-hybridized carbons (Fsp3) is 0.360. The molecule has 138 valence electrons. The molecule has 0 radical (unpaired) electrons. The number of hydrogen-bond acceptors (Lipinski definition) is 2. The third kappa shape index (κ3) is 2.43. The molecule has 0 unspecified atom stereocenters. The monoisotopic (exact) mass is 358 g/mol. The van der Waals surface area contributed by atoms with E-state index in [2.05, 4.69) is 49.9 Å². The number of hydrogen-bond donors (Lipinski definition) is 2. The van der Waals surface area contributed by atoms with E-state index in [1.165, 1.54) is 27.8 Å². The van der Waals surface area contributed by atoms with Crippen molar-refractivity contribution in [1.29, 1.82) is 0 Å². The zero-order chi connectivity index (χ0) is 18.8. The van der Waals surface area contributed by atoms with E-state index in [4.69, 9.17) is 0 Å². The molecule has 1 fully saturated rings. The van der Waals surface area contributed by atoms with Gasteiger partial charge in [-0.05, 0) is 71.1 Å². The van der Waals surface area contributed by atoms with E-state index >= 15 is 0 Å². The lowest BCUT2D eigenvalue weighted by atomic mass is 9.59. The topological polar surface area (TPSA) is 40.5 Å². The molecule has 4 atom stereocenters. The number of fused-ring (bicyclic) bond motifs is 4. The first-order valence-corrected chi connectivity index (χ1v) is 9.95. The van der Waals surface area contributed by atoms with E-state index < -0.39 is 6.10 Å². The van der Waals surface area contributed by atoms with Crippen LogP contribution in [-0.4, -0.2) is 16.3 Å². The molecular weight excluding hydrogens is 332 g/mol. The van der Waals surface area contributed by atoms with Gasteiger partial charge in [-0.15, -0.1) is 0 Å². The Labute approximate surface area is 160 Å². The van der Waals surface area contributed by atoms with Crippen LogP contribution in [0.4, 0.5) is 0 Å². The summed E-state index contributed by atoms with van der Waals surface area (Å²) in [5.41, 5.74) is 7.81. The van der Waals surface area contributed by atoms with E-state index in [0.717, 1.165) is 31.3 Å². The fourth-order valence-corrected chi connectivity index (χ4v) is 5.94. The van der Waals surface area contributed by atoms with E-state index in [-0.39, 0.29) is 17.3 Å². The SMILES string of the molecule is C=C1[C@H]2C3=C(CC[C@]2(C)C[C@@H]1O)c1ccc(O)cc1C[C@H]3c1ccccc1. The zero-order valence-corrected chi connectivity index (χ0v) is 15.8. The molecule has 1 saturated carbocycles. The summed E-state index contributed by atoms with van der Waals surface area (Å²) in [6.07, 6.45) is 3.42. The van der Waals surface area contributed by atoms with Gasteiger partial charge in [0.15, 0.2) is 0 Å². The summed E-state index contributed by atoms with van der Waals surface area (Å²) in [6, 6.07) is 16.5. The van der Waals surface area contributed by atoms with Gasteiger partial charge in [0.2, 0.25) is 0 Å². The van der Waals surface area contributed by atoms with Crippen LogP contribution in [0, 0.1) is 11.3 Å². The Kier molecular flexibility index (Phi) is 3.64. The van der Waals surface area contributed by atoms with Gasteiger partial charge in [0.05, 0.1) is 6.10 Å². The molecule has 2 nitrogen and oxygen atoms in total. The second-order valence-electron chi connectivity index (χ2n) is 8.82. The lowest BCUT2D eigenvalue weighted by molar-refractivity contribution is 0.167. The molecule has 2 aromatic carbocycles. The second kappa shape index (κ2) is 5.84. The maximum Gasteiger partial charge on any atom is 0.115 e.